The van der Waals surface area contributed by atoms with Gasteiger partial charge in [0.2, 0.25) is 5.60 Å². The van der Waals surface area contributed by atoms with Crippen LogP contribution in [-0.2, 0) is 12.6 Å². The van der Waals surface area contributed by atoms with Crippen molar-refractivity contribution in [2.45, 2.75) is 25.1 Å². The maximum absolute atomic E-state index is 13.5. The Bertz CT molecular complexity index is 1030. The van der Waals surface area contributed by atoms with E-state index in [0.717, 1.165) is 10.1 Å². The summed E-state index contributed by atoms with van der Waals surface area (Å²) in [7, 11) is 1.36. The van der Waals surface area contributed by atoms with Gasteiger partial charge in [0.15, 0.2) is 0 Å². The number of hydrogen-bond acceptors (Lipinski definition) is 6. The van der Waals surface area contributed by atoms with Crippen LogP contribution in [0.2, 0.25) is 0 Å². The molecule has 11 heteroatoms. The van der Waals surface area contributed by atoms with Crippen molar-refractivity contribution in [3.8, 4) is 16.3 Å². The van der Waals surface area contributed by atoms with Crippen LogP contribution in [0.5, 0.6) is 5.75 Å². The first kappa shape index (κ1) is 22.8. The summed E-state index contributed by atoms with van der Waals surface area (Å²) in [6, 6.07) is 7.19. The lowest BCUT2D eigenvalue weighted by Crippen LogP contribution is -2.46. The Balaban J connectivity index is 1.65. The molecule has 2 N–H and O–H groups in total. The summed E-state index contributed by atoms with van der Waals surface area (Å²) in [5.74, 6) is -0.455. The molecule has 0 saturated carbocycles. The monoisotopic (exact) mass is 454 g/mol. The van der Waals surface area contributed by atoms with Crippen molar-refractivity contribution in [1.82, 2.24) is 19.9 Å². The van der Waals surface area contributed by atoms with Crippen molar-refractivity contribution in [2.75, 3.05) is 13.2 Å². The maximum Gasteiger partial charge on any atom is 0.424 e. The number of nitrogens with one attached hydrogen (secondary N) is 1. The van der Waals surface area contributed by atoms with Gasteiger partial charge in [-0.15, -0.1) is 11.3 Å². The third kappa shape index (κ3) is 4.88. The number of alkyl halides is 3. The number of benzene rings is 1. The molecule has 2 heterocycles. The summed E-state index contributed by atoms with van der Waals surface area (Å²) in [6.07, 6.45) is -3.27. The first-order valence-electron chi connectivity index (χ1n) is 9.39. The first-order chi connectivity index (χ1) is 14.7. The fourth-order valence-electron chi connectivity index (χ4n) is 2.96. The van der Waals surface area contributed by atoms with Gasteiger partial charge in [0.1, 0.15) is 22.3 Å². The van der Waals surface area contributed by atoms with Gasteiger partial charge in [0, 0.05) is 43.4 Å². The molecule has 166 valence electrons. The highest BCUT2D eigenvalue weighted by molar-refractivity contribution is 7.13. The zero-order valence-electron chi connectivity index (χ0n) is 16.8. The van der Waals surface area contributed by atoms with E-state index in [1.807, 2.05) is 19.1 Å². The molecule has 3 aromatic rings. The van der Waals surface area contributed by atoms with E-state index in [2.05, 4.69) is 15.3 Å². The van der Waals surface area contributed by atoms with Crippen LogP contribution in [0.4, 0.5) is 13.2 Å². The number of aryl methyl sites for hydroxylation is 1. The van der Waals surface area contributed by atoms with Crippen LogP contribution in [0.3, 0.4) is 0 Å². The molecule has 7 nitrogen and oxygen atoms in total. The lowest BCUT2D eigenvalue weighted by atomic mass is 9.97. The minimum atomic E-state index is -4.96. The van der Waals surface area contributed by atoms with Crippen LogP contribution >= 0.6 is 11.3 Å². The molecule has 1 unspecified atom stereocenters. The van der Waals surface area contributed by atoms with Crippen LogP contribution in [0.15, 0.2) is 42.0 Å². The largest absolute Gasteiger partial charge is 0.494 e. The van der Waals surface area contributed by atoms with Crippen LogP contribution < -0.4 is 10.1 Å². The van der Waals surface area contributed by atoms with E-state index in [1.54, 1.807) is 12.1 Å². The lowest BCUT2D eigenvalue weighted by Gasteiger charge is -2.29. The first-order valence-corrected chi connectivity index (χ1v) is 10.3. The molecular formula is C20H21F3N4O3S. The molecule has 0 aliphatic rings. The molecule has 1 amide bonds. The van der Waals surface area contributed by atoms with Crippen LogP contribution in [0.25, 0.3) is 10.6 Å². The van der Waals surface area contributed by atoms with E-state index in [9.17, 15) is 23.1 Å². The van der Waals surface area contributed by atoms with E-state index in [-0.39, 0.29) is 5.69 Å². The molecule has 0 spiro atoms. The van der Waals surface area contributed by atoms with E-state index < -0.39 is 36.5 Å². The van der Waals surface area contributed by atoms with Crippen molar-refractivity contribution >= 4 is 17.2 Å². The van der Waals surface area contributed by atoms with Crippen LogP contribution in [0.1, 0.15) is 29.7 Å². The maximum atomic E-state index is 13.5. The molecule has 3 rings (SSSR count). The average molecular weight is 454 g/mol. The summed E-state index contributed by atoms with van der Waals surface area (Å²) in [5.41, 5.74) is -2.32. The standard InChI is InChI=1S/C20H21F3N4O3S/c1-3-30-14-6-4-13(5-7-14)17-26-15(12-31-17)16(28)24-9-8-19(29,20(21,22)23)18-25-10-11-27(18)2/h4-7,10-12,29H,3,8-9H2,1-2H3,(H,24,28). The fraction of sp³-hybridized carbons (Fsp3) is 0.350. The second kappa shape index (κ2) is 9.06. The second-order valence-electron chi connectivity index (χ2n) is 6.72. The van der Waals surface area contributed by atoms with Crippen molar-refractivity contribution in [1.29, 1.82) is 0 Å². The normalized spacial score (nSPS) is 13.6. The minimum absolute atomic E-state index is 0.0847. The Hall–Kier alpha value is -2.92. The van der Waals surface area contributed by atoms with Gasteiger partial charge >= 0.3 is 6.18 Å². The number of rotatable bonds is 8. The van der Waals surface area contributed by atoms with Gasteiger partial charge in [0.25, 0.3) is 5.91 Å². The van der Waals surface area contributed by atoms with Crippen LogP contribution in [0, 0.1) is 0 Å². The summed E-state index contributed by atoms with van der Waals surface area (Å²) in [5, 5.41) is 14.8. The highest BCUT2D eigenvalue weighted by Gasteiger charge is 2.57. The molecule has 1 atom stereocenters. The van der Waals surface area contributed by atoms with E-state index in [4.69, 9.17) is 4.74 Å². The number of amides is 1. The van der Waals surface area contributed by atoms with E-state index in [1.165, 1.54) is 36.2 Å². The van der Waals surface area contributed by atoms with Gasteiger partial charge in [-0.1, -0.05) is 0 Å². The van der Waals surface area contributed by atoms with Gasteiger partial charge in [-0.25, -0.2) is 9.97 Å². The Morgan fingerprint density at radius 2 is 2.00 bits per heavy atom. The van der Waals surface area contributed by atoms with Gasteiger partial charge in [-0.2, -0.15) is 13.2 Å². The topological polar surface area (TPSA) is 89.3 Å². The SMILES string of the molecule is CCOc1ccc(-c2nc(C(=O)NCCC(O)(c3nccn3C)C(F)(F)F)cs2)cc1. The molecule has 0 aliphatic heterocycles. The van der Waals surface area contributed by atoms with Gasteiger partial charge in [-0.3, -0.25) is 4.79 Å². The smallest absolute Gasteiger partial charge is 0.424 e. The predicted molar refractivity (Wildman–Crippen MR) is 109 cm³/mol. The second-order valence-corrected chi connectivity index (χ2v) is 7.58. The number of thiazole rings is 1. The summed E-state index contributed by atoms with van der Waals surface area (Å²) < 4.78 is 47.1. The highest BCUT2D eigenvalue weighted by atomic mass is 32.1. The number of aliphatic hydroxyl groups is 1. The average Bonchev–Trinajstić information content (AvgIpc) is 3.37. The predicted octanol–water partition coefficient (Wildman–Crippen LogP) is 3.51. The summed E-state index contributed by atoms with van der Waals surface area (Å²) in [4.78, 5) is 20.2. The number of halogens is 3. The molecule has 0 fully saturated rings. The van der Waals surface area contributed by atoms with Crippen molar-refractivity contribution in [3.63, 3.8) is 0 Å². The molecular weight excluding hydrogens is 433 g/mol. The third-order valence-corrected chi connectivity index (χ3v) is 5.47. The lowest BCUT2D eigenvalue weighted by molar-refractivity contribution is -0.272. The minimum Gasteiger partial charge on any atom is -0.494 e. The Morgan fingerprint density at radius 3 is 2.58 bits per heavy atom. The number of nitrogens with zero attached hydrogens (tertiary/aromatic N) is 3. The number of aromatic nitrogens is 3. The Kier molecular flexibility index (Phi) is 6.65. The molecule has 0 saturated heterocycles. The number of hydrogen-bond donors (Lipinski definition) is 2. The number of ether oxygens (including phenoxy) is 1. The van der Waals surface area contributed by atoms with Gasteiger partial charge in [-0.05, 0) is 31.2 Å². The summed E-state index contributed by atoms with van der Waals surface area (Å²) >= 11 is 1.24. The van der Waals surface area contributed by atoms with Crippen molar-refractivity contribution < 1.29 is 27.8 Å². The van der Waals surface area contributed by atoms with Gasteiger partial charge < -0.3 is 19.7 Å². The van der Waals surface area contributed by atoms with E-state index >= 15 is 0 Å². The van der Waals surface area contributed by atoms with Gasteiger partial charge in [0.05, 0.1) is 6.61 Å². The van der Waals surface area contributed by atoms with E-state index in [0.29, 0.717) is 17.4 Å². The fourth-order valence-corrected chi connectivity index (χ4v) is 3.77. The molecule has 2 aromatic heterocycles. The molecule has 0 aliphatic carbocycles. The molecule has 1 aromatic carbocycles. The number of imidazole rings is 1. The molecule has 0 radical (unpaired) electrons. The Morgan fingerprint density at radius 1 is 1.29 bits per heavy atom. The highest BCUT2D eigenvalue weighted by Crippen LogP contribution is 2.40. The third-order valence-electron chi connectivity index (χ3n) is 4.58. The Labute approximate surface area is 180 Å². The summed E-state index contributed by atoms with van der Waals surface area (Å²) in [6.45, 7) is 2.01. The molecule has 0 bridgehead atoms. The number of carbonyl (C=O) groups is 1. The molecule has 31 heavy (non-hydrogen) atoms. The van der Waals surface area contributed by atoms with Crippen molar-refractivity contribution in [2.24, 2.45) is 7.05 Å². The zero-order valence-corrected chi connectivity index (χ0v) is 17.6. The number of carbonyl (C=O) groups excluding carboxylic acids is 1. The van der Waals surface area contributed by atoms with Crippen LogP contribution in [-0.4, -0.2) is 44.9 Å². The quantitative estimate of drug-likeness (QED) is 0.544. The zero-order chi connectivity index (χ0) is 22.6. The van der Waals surface area contributed by atoms with Crippen molar-refractivity contribution in [3.05, 3.63) is 53.6 Å².